The molecule has 1 unspecified atom stereocenters. The van der Waals surface area contributed by atoms with Gasteiger partial charge in [-0.3, -0.25) is 9.59 Å². The van der Waals surface area contributed by atoms with Gasteiger partial charge in [0, 0.05) is 30.8 Å². The number of hydrogen-bond donors (Lipinski definition) is 1. The summed E-state index contributed by atoms with van der Waals surface area (Å²) in [5, 5.41) is 2.89. The third-order valence-corrected chi connectivity index (χ3v) is 4.66. The van der Waals surface area contributed by atoms with E-state index in [0.29, 0.717) is 24.7 Å². The Morgan fingerprint density at radius 3 is 2.69 bits per heavy atom. The first-order valence-electron chi connectivity index (χ1n) is 8.68. The molecule has 1 atom stereocenters. The zero-order chi connectivity index (χ0) is 18.1. The standard InChI is InChI=1S/C20H19N3O3/c1-2-23-12-14(11-18(23)24)19(25)21-15-9-7-13(8-10-15)20-22-16-5-3-4-6-17(16)26-20/h3-10,14H,2,11-12H2,1H3,(H,21,25). The lowest BCUT2D eigenvalue weighted by Gasteiger charge is -2.13. The normalized spacial score (nSPS) is 17.0. The number of amides is 2. The second-order valence-electron chi connectivity index (χ2n) is 6.39. The lowest BCUT2D eigenvalue weighted by atomic mass is 10.1. The van der Waals surface area contributed by atoms with Crippen molar-refractivity contribution in [1.29, 1.82) is 0 Å². The zero-order valence-corrected chi connectivity index (χ0v) is 14.4. The second-order valence-corrected chi connectivity index (χ2v) is 6.39. The van der Waals surface area contributed by atoms with Crippen LogP contribution in [0.25, 0.3) is 22.6 Å². The number of nitrogens with zero attached hydrogens (tertiary/aromatic N) is 2. The highest BCUT2D eigenvalue weighted by Crippen LogP contribution is 2.26. The predicted molar refractivity (Wildman–Crippen MR) is 98.4 cm³/mol. The number of rotatable bonds is 4. The number of hydrogen-bond acceptors (Lipinski definition) is 4. The summed E-state index contributed by atoms with van der Waals surface area (Å²) < 4.78 is 5.75. The van der Waals surface area contributed by atoms with Crippen LogP contribution in [0.5, 0.6) is 0 Å². The Hall–Kier alpha value is -3.15. The number of carbonyl (C=O) groups excluding carboxylic acids is 2. The van der Waals surface area contributed by atoms with E-state index in [2.05, 4.69) is 10.3 Å². The summed E-state index contributed by atoms with van der Waals surface area (Å²) in [6.45, 7) is 3.05. The summed E-state index contributed by atoms with van der Waals surface area (Å²) in [6, 6.07) is 15.0. The molecule has 1 N–H and O–H groups in total. The number of nitrogens with one attached hydrogen (secondary N) is 1. The van der Waals surface area contributed by atoms with Crippen LogP contribution >= 0.6 is 0 Å². The molecular formula is C20H19N3O3. The monoisotopic (exact) mass is 349 g/mol. The molecule has 0 aliphatic carbocycles. The summed E-state index contributed by atoms with van der Waals surface area (Å²) in [5.74, 6) is 0.172. The molecule has 1 aliphatic heterocycles. The minimum atomic E-state index is -0.292. The van der Waals surface area contributed by atoms with Gasteiger partial charge in [-0.1, -0.05) is 12.1 Å². The van der Waals surface area contributed by atoms with Crippen LogP contribution in [-0.4, -0.2) is 34.8 Å². The number of oxazole rings is 1. The van der Waals surface area contributed by atoms with Crippen molar-refractivity contribution >= 4 is 28.6 Å². The lowest BCUT2D eigenvalue weighted by Crippen LogP contribution is -2.28. The number of benzene rings is 2. The SMILES string of the molecule is CCN1CC(C(=O)Nc2ccc(-c3nc4ccccc4o3)cc2)CC1=O. The van der Waals surface area contributed by atoms with Crippen molar-refractivity contribution in [3.8, 4) is 11.5 Å². The molecule has 1 fully saturated rings. The largest absolute Gasteiger partial charge is 0.436 e. The summed E-state index contributed by atoms with van der Waals surface area (Å²) in [7, 11) is 0. The minimum absolute atomic E-state index is 0.0407. The molecule has 26 heavy (non-hydrogen) atoms. The van der Waals surface area contributed by atoms with E-state index in [1.165, 1.54) is 0 Å². The Labute approximate surface area is 150 Å². The number of para-hydroxylation sites is 2. The highest BCUT2D eigenvalue weighted by Gasteiger charge is 2.33. The van der Waals surface area contributed by atoms with Gasteiger partial charge in [0.15, 0.2) is 5.58 Å². The molecule has 1 aliphatic rings. The molecule has 6 heteroatoms. The maximum Gasteiger partial charge on any atom is 0.229 e. The van der Waals surface area contributed by atoms with Crippen LogP contribution in [0.2, 0.25) is 0 Å². The van der Waals surface area contributed by atoms with Gasteiger partial charge in [0.1, 0.15) is 5.52 Å². The van der Waals surface area contributed by atoms with E-state index in [-0.39, 0.29) is 24.2 Å². The van der Waals surface area contributed by atoms with Crippen molar-refractivity contribution in [3.63, 3.8) is 0 Å². The average Bonchev–Trinajstić information content (AvgIpc) is 3.25. The fourth-order valence-corrected chi connectivity index (χ4v) is 3.19. The van der Waals surface area contributed by atoms with Crippen molar-refractivity contribution in [2.24, 2.45) is 5.92 Å². The first kappa shape index (κ1) is 16.3. The van der Waals surface area contributed by atoms with E-state index >= 15 is 0 Å². The minimum Gasteiger partial charge on any atom is -0.436 e. The Balaban J connectivity index is 1.46. The number of likely N-dealkylation sites (tertiary alicyclic amines) is 1. The summed E-state index contributed by atoms with van der Waals surface area (Å²) in [6.07, 6.45) is 0.278. The Morgan fingerprint density at radius 1 is 1.23 bits per heavy atom. The molecule has 2 aromatic carbocycles. The van der Waals surface area contributed by atoms with E-state index in [1.807, 2.05) is 55.5 Å². The summed E-state index contributed by atoms with van der Waals surface area (Å²) in [4.78, 5) is 30.3. The molecule has 6 nitrogen and oxygen atoms in total. The van der Waals surface area contributed by atoms with E-state index < -0.39 is 0 Å². The van der Waals surface area contributed by atoms with Crippen molar-refractivity contribution in [2.75, 3.05) is 18.4 Å². The number of carbonyl (C=O) groups is 2. The molecule has 1 saturated heterocycles. The molecular weight excluding hydrogens is 330 g/mol. The van der Waals surface area contributed by atoms with E-state index in [4.69, 9.17) is 4.42 Å². The molecule has 2 amide bonds. The van der Waals surface area contributed by atoms with Crippen LogP contribution in [0, 0.1) is 5.92 Å². The van der Waals surface area contributed by atoms with Gasteiger partial charge in [-0.2, -0.15) is 0 Å². The highest BCUT2D eigenvalue weighted by atomic mass is 16.3. The van der Waals surface area contributed by atoms with Gasteiger partial charge in [-0.25, -0.2) is 4.98 Å². The Kier molecular flexibility index (Phi) is 4.16. The van der Waals surface area contributed by atoms with Crippen LogP contribution in [0.3, 0.4) is 0 Å². The molecule has 3 aromatic rings. The first-order chi connectivity index (χ1) is 12.6. The maximum absolute atomic E-state index is 12.4. The quantitative estimate of drug-likeness (QED) is 0.784. The number of anilines is 1. The molecule has 132 valence electrons. The molecule has 0 bridgehead atoms. The zero-order valence-electron chi connectivity index (χ0n) is 14.4. The fourth-order valence-electron chi connectivity index (χ4n) is 3.19. The number of fused-ring (bicyclic) bond motifs is 1. The van der Waals surface area contributed by atoms with Gasteiger partial charge in [-0.15, -0.1) is 0 Å². The van der Waals surface area contributed by atoms with E-state index in [9.17, 15) is 9.59 Å². The topological polar surface area (TPSA) is 75.4 Å². The third-order valence-electron chi connectivity index (χ3n) is 4.66. The van der Waals surface area contributed by atoms with Crippen molar-refractivity contribution in [3.05, 3.63) is 48.5 Å². The van der Waals surface area contributed by atoms with Crippen molar-refractivity contribution in [1.82, 2.24) is 9.88 Å². The molecule has 4 rings (SSSR count). The van der Waals surface area contributed by atoms with Crippen LogP contribution in [0.1, 0.15) is 13.3 Å². The molecule has 0 radical (unpaired) electrons. The fraction of sp³-hybridized carbons (Fsp3) is 0.250. The van der Waals surface area contributed by atoms with Crippen LogP contribution in [-0.2, 0) is 9.59 Å². The smallest absolute Gasteiger partial charge is 0.229 e. The molecule has 0 saturated carbocycles. The van der Waals surface area contributed by atoms with Gasteiger partial charge in [0.2, 0.25) is 17.7 Å². The van der Waals surface area contributed by atoms with Gasteiger partial charge < -0.3 is 14.6 Å². The van der Waals surface area contributed by atoms with Crippen molar-refractivity contribution < 1.29 is 14.0 Å². The van der Waals surface area contributed by atoms with Gasteiger partial charge in [0.25, 0.3) is 0 Å². The Morgan fingerprint density at radius 2 is 2.00 bits per heavy atom. The van der Waals surface area contributed by atoms with Crippen molar-refractivity contribution in [2.45, 2.75) is 13.3 Å². The predicted octanol–water partition coefficient (Wildman–Crippen LogP) is 3.30. The third kappa shape index (κ3) is 3.06. The van der Waals surface area contributed by atoms with Gasteiger partial charge in [0.05, 0.1) is 5.92 Å². The number of aromatic nitrogens is 1. The molecule has 1 aromatic heterocycles. The van der Waals surface area contributed by atoms with Crippen LogP contribution < -0.4 is 5.32 Å². The summed E-state index contributed by atoms with van der Waals surface area (Å²) >= 11 is 0. The maximum atomic E-state index is 12.4. The lowest BCUT2D eigenvalue weighted by molar-refractivity contribution is -0.128. The summed E-state index contributed by atoms with van der Waals surface area (Å²) in [5.41, 5.74) is 3.09. The average molecular weight is 349 g/mol. The van der Waals surface area contributed by atoms with Gasteiger partial charge >= 0.3 is 0 Å². The van der Waals surface area contributed by atoms with Crippen LogP contribution in [0.4, 0.5) is 5.69 Å². The first-order valence-corrected chi connectivity index (χ1v) is 8.68. The Bertz CT molecular complexity index is 929. The molecule has 0 spiro atoms. The van der Waals surface area contributed by atoms with Gasteiger partial charge in [-0.05, 0) is 43.3 Å². The highest BCUT2D eigenvalue weighted by molar-refractivity contribution is 5.97. The second kappa shape index (κ2) is 6.63. The van der Waals surface area contributed by atoms with E-state index in [0.717, 1.165) is 16.7 Å². The molecule has 2 heterocycles. The van der Waals surface area contributed by atoms with Crippen LogP contribution in [0.15, 0.2) is 52.9 Å². The van der Waals surface area contributed by atoms with E-state index in [1.54, 1.807) is 4.90 Å².